The van der Waals surface area contributed by atoms with Crippen molar-refractivity contribution in [1.82, 2.24) is 19.9 Å². The van der Waals surface area contributed by atoms with E-state index < -0.39 is 0 Å². The number of anilines is 1. The maximum absolute atomic E-state index is 6.21. The van der Waals surface area contributed by atoms with Crippen LogP contribution in [0.2, 0.25) is 5.21 Å². The Morgan fingerprint density at radius 3 is 2.50 bits per heavy atom. The van der Waals surface area contributed by atoms with Gasteiger partial charge in [-0.25, -0.2) is 0 Å². The first-order valence-electron chi connectivity index (χ1n) is 9.42. The van der Waals surface area contributed by atoms with E-state index in [9.17, 15) is 0 Å². The minimum atomic E-state index is -0.196. The van der Waals surface area contributed by atoms with Crippen molar-refractivity contribution in [2.45, 2.75) is 11.6 Å². The molecule has 0 saturated carbocycles. The van der Waals surface area contributed by atoms with E-state index in [4.69, 9.17) is 15.2 Å². The summed E-state index contributed by atoms with van der Waals surface area (Å²) in [5, 5.41) is 1.03. The van der Waals surface area contributed by atoms with Gasteiger partial charge < -0.3 is 0 Å². The van der Waals surface area contributed by atoms with Crippen molar-refractivity contribution < 1.29 is 9.47 Å². The maximum atomic E-state index is 6.21. The van der Waals surface area contributed by atoms with Crippen LogP contribution in [-0.2, 0) is 6.42 Å². The first kappa shape index (κ1) is 20.1. The molecule has 7 nitrogen and oxygen atoms in total. The Kier molecular flexibility index (Phi) is 6.09. The van der Waals surface area contributed by atoms with Crippen molar-refractivity contribution in [3.8, 4) is 22.8 Å². The molecule has 0 bridgehead atoms. The standard InChI is InChI=1S/C22H21AsN5O2/c1-29-17-9-8-15(12-18(17)30-2)16-13-25-21-19(26-16)20(24)27-22(28-21)23-11-10-14-6-4-3-5-7-14/h3-9,12-13H,10-11H2,1-2H3,(H2,24,25,27,28). The molecule has 0 atom stereocenters. The molecule has 2 aromatic heterocycles. The summed E-state index contributed by atoms with van der Waals surface area (Å²) in [6, 6.07) is 16.0. The molecule has 0 amide bonds. The number of hydrogen-bond donors (Lipinski definition) is 1. The second-order valence-corrected chi connectivity index (χ2v) is 8.96. The Morgan fingerprint density at radius 1 is 0.933 bits per heavy atom. The van der Waals surface area contributed by atoms with E-state index in [0.29, 0.717) is 34.2 Å². The Bertz CT molecular complexity index is 1170. The molecule has 0 fully saturated rings. The van der Waals surface area contributed by atoms with Crippen molar-refractivity contribution in [2.75, 3.05) is 20.0 Å². The number of benzene rings is 2. The van der Waals surface area contributed by atoms with E-state index in [-0.39, 0.29) is 15.8 Å². The fourth-order valence-electron chi connectivity index (χ4n) is 3.05. The summed E-state index contributed by atoms with van der Waals surface area (Å²) in [5.74, 6) is 1.64. The molecule has 2 heterocycles. The molecule has 4 aromatic rings. The van der Waals surface area contributed by atoms with Crippen LogP contribution in [0.3, 0.4) is 0 Å². The van der Waals surface area contributed by atoms with Crippen LogP contribution < -0.4 is 19.8 Å². The fourth-order valence-corrected chi connectivity index (χ4v) is 4.97. The zero-order chi connectivity index (χ0) is 20.9. The van der Waals surface area contributed by atoms with Gasteiger partial charge in [-0.1, -0.05) is 0 Å². The van der Waals surface area contributed by atoms with Gasteiger partial charge in [0.25, 0.3) is 0 Å². The van der Waals surface area contributed by atoms with Crippen LogP contribution in [0.1, 0.15) is 5.56 Å². The number of aryl methyl sites for hydroxylation is 1. The number of rotatable bonds is 7. The van der Waals surface area contributed by atoms with E-state index >= 15 is 0 Å². The first-order chi connectivity index (χ1) is 14.7. The summed E-state index contributed by atoms with van der Waals surface area (Å²) in [5.41, 5.74) is 10.1. The predicted octanol–water partition coefficient (Wildman–Crippen LogP) is 2.68. The third-order valence-corrected chi connectivity index (χ3v) is 6.55. The molecule has 0 saturated heterocycles. The topological polar surface area (TPSA) is 96.0 Å². The van der Waals surface area contributed by atoms with Crippen LogP contribution in [0.15, 0.2) is 54.7 Å². The zero-order valence-electron chi connectivity index (χ0n) is 16.7. The second kappa shape index (κ2) is 9.09. The van der Waals surface area contributed by atoms with Gasteiger partial charge in [-0.3, -0.25) is 0 Å². The summed E-state index contributed by atoms with van der Waals surface area (Å²) < 4.78 is 11.4. The summed E-state index contributed by atoms with van der Waals surface area (Å²) in [7, 11) is 3.20. The molecule has 4 rings (SSSR count). The number of fused-ring (bicyclic) bond motifs is 1. The van der Waals surface area contributed by atoms with Gasteiger partial charge in [0.2, 0.25) is 0 Å². The summed E-state index contributed by atoms with van der Waals surface area (Å²) in [6.07, 6.45) is 2.70. The van der Waals surface area contributed by atoms with Crippen molar-refractivity contribution in [3.63, 3.8) is 0 Å². The van der Waals surface area contributed by atoms with Crippen molar-refractivity contribution in [1.29, 1.82) is 0 Å². The third kappa shape index (κ3) is 4.36. The number of aromatic nitrogens is 4. The van der Waals surface area contributed by atoms with E-state index in [2.05, 4.69) is 44.2 Å². The Morgan fingerprint density at radius 2 is 1.73 bits per heavy atom. The van der Waals surface area contributed by atoms with Gasteiger partial charge in [-0.2, -0.15) is 0 Å². The number of nitrogens with zero attached hydrogens (tertiary/aromatic N) is 4. The monoisotopic (exact) mass is 462 g/mol. The molecule has 0 aliphatic heterocycles. The predicted molar refractivity (Wildman–Crippen MR) is 118 cm³/mol. The van der Waals surface area contributed by atoms with Crippen LogP contribution >= 0.6 is 0 Å². The van der Waals surface area contributed by atoms with E-state index in [1.165, 1.54) is 5.56 Å². The van der Waals surface area contributed by atoms with Crippen LogP contribution in [-0.4, -0.2) is 49.9 Å². The van der Waals surface area contributed by atoms with E-state index in [0.717, 1.165) is 21.8 Å². The number of nitrogen functional groups attached to an aromatic ring is 1. The average Bonchev–Trinajstić information content (AvgIpc) is 2.79. The quantitative estimate of drug-likeness (QED) is 0.422. The molecular weight excluding hydrogens is 441 g/mol. The third-order valence-electron chi connectivity index (χ3n) is 4.60. The van der Waals surface area contributed by atoms with Crippen molar-refractivity contribution >= 4 is 37.3 Å². The summed E-state index contributed by atoms with van der Waals surface area (Å²) in [6.45, 7) is 0. The Hall–Kier alpha value is -3.18. The summed E-state index contributed by atoms with van der Waals surface area (Å²) in [4.78, 5) is 18.2. The minimum absolute atomic E-state index is 0.196. The molecular formula is C22H21AsN5O2. The molecule has 2 aromatic carbocycles. The van der Waals surface area contributed by atoms with Gasteiger partial charge in [-0.15, -0.1) is 0 Å². The first-order valence-corrected chi connectivity index (χ1v) is 11.7. The molecule has 0 unspecified atom stereocenters. The van der Waals surface area contributed by atoms with Crippen LogP contribution in [0.5, 0.6) is 11.5 Å². The van der Waals surface area contributed by atoms with Crippen LogP contribution in [0.25, 0.3) is 22.4 Å². The molecule has 151 valence electrons. The molecule has 1 radical (unpaired) electrons. The van der Waals surface area contributed by atoms with Crippen LogP contribution in [0.4, 0.5) is 5.82 Å². The van der Waals surface area contributed by atoms with Gasteiger partial charge in [0.15, 0.2) is 0 Å². The summed E-state index contributed by atoms with van der Waals surface area (Å²) >= 11 is -0.196. The number of ether oxygens (including phenoxy) is 2. The van der Waals surface area contributed by atoms with Crippen molar-refractivity contribution in [3.05, 3.63) is 60.3 Å². The normalized spacial score (nSPS) is 11.3. The van der Waals surface area contributed by atoms with Crippen LogP contribution in [0, 0.1) is 0 Å². The van der Waals surface area contributed by atoms with Crippen molar-refractivity contribution in [2.24, 2.45) is 0 Å². The second-order valence-electron chi connectivity index (χ2n) is 6.52. The fraction of sp³-hybridized carbons (Fsp3) is 0.182. The number of hydrogen-bond acceptors (Lipinski definition) is 7. The van der Waals surface area contributed by atoms with Gasteiger partial charge in [0.05, 0.1) is 0 Å². The van der Waals surface area contributed by atoms with Gasteiger partial charge >= 0.3 is 181 Å². The molecule has 30 heavy (non-hydrogen) atoms. The van der Waals surface area contributed by atoms with E-state index in [1.54, 1.807) is 20.4 Å². The molecule has 0 aliphatic carbocycles. The number of methoxy groups -OCH3 is 2. The SMILES string of the molecule is COc1ccc(-c2cnc3nc([As]CCc4ccccc4)nc(N)c3n2)cc1OC. The molecule has 8 heteroatoms. The molecule has 0 aliphatic rings. The molecule has 0 spiro atoms. The van der Waals surface area contributed by atoms with E-state index in [1.807, 2.05) is 24.3 Å². The van der Waals surface area contributed by atoms with Gasteiger partial charge in [0.1, 0.15) is 0 Å². The number of nitrogens with two attached hydrogens (primary N) is 1. The Balaban J connectivity index is 1.56. The zero-order valence-corrected chi connectivity index (χ0v) is 18.6. The van der Waals surface area contributed by atoms with Gasteiger partial charge in [-0.05, 0) is 0 Å². The van der Waals surface area contributed by atoms with Gasteiger partial charge in [0, 0.05) is 0 Å². The Labute approximate surface area is 181 Å². The average molecular weight is 462 g/mol. The molecule has 2 N–H and O–H groups in total.